The lowest BCUT2D eigenvalue weighted by molar-refractivity contribution is -0.138. The van der Waals surface area contributed by atoms with Crippen molar-refractivity contribution in [1.29, 1.82) is 0 Å². The minimum atomic E-state index is -0.833. The molecule has 0 aliphatic rings. The number of fused-ring (bicyclic) bond motifs is 1. The van der Waals surface area contributed by atoms with Crippen molar-refractivity contribution >= 4 is 28.4 Å². The Morgan fingerprint density at radius 2 is 1.81 bits per heavy atom. The minimum absolute atomic E-state index is 0.151. The van der Waals surface area contributed by atoms with Gasteiger partial charge in [0.25, 0.3) is 5.91 Å². The monoisotopic (exact) mass is 484 g/mol. The van der Waals surface area contributed by atoms with Crippen LogP contribution in [-0.2, 0) is 16.0 Å². The van der Waals surface area contributed by atoms with Crippen LogP contribution in [0.5, 0.6) is 5.75 Å². The Balaban J connectivity index is 1.71. The number of H-pyrrole nitrogens is 1. The topological polar surface area (TPSA) is 100 Å². The molecule has 36 heavy (non-hydrogen) atoms. The van der Waals surface area contributed by atoms with Gasteiger partial charge in [0.05, 0.1) is 7.11 Å². The van der Waals surface area contributed by atoms with Gasteiger partial charge in [0.1, 0.15) is 11.8 Å². The Kier molecular flexibility index (Phi) is 8.02. The molecule has 3 aromatic carbocycles. The molecule has 1 atom stereocenters. The van der Waals surface area contributed by atoms with Crippen LogP contribution in [0.4, 0.5) is 5.69 Å². The van der Waals surface area contributed by atoms with Crippen molar-refractivity contribution in [3.8, 4) is 5.75 Å². The van der Waals surface area contributed by atoms with Gasteiger partial charge in [-0.15, -0.1) is 0 Å². The molecule has 2 amide bonds. The van der Waals surface area contributed by atoms with Gasteiger partial charge in [-0.1, -0.05) is 42.5 Å². The average molecular weight is 485 g/mol. The van der Waals surface area contributed by atoms with E-state index in [9.17, 15) is 9.59 Å². The maximum absolute atomic E-state index is 13.8. The van der Waals surface area contributed by atoms with Gasteiger partial charge >= 0.3 is 0 Å². The number of para-hydroxylation sites is 2. The zero-order chi connectivity index (χ0) is 25.5. The normalized spacial score (nSPS) is 11.8. The lowest BCUT2D eigenvalue weighted by Gasteiger charge is -2.32. The molecule has 4 N–H and O–H groups in total. The maximum atomic E-state index is 13.8. The molecule has 0 saturated carbocycles. The fourth-order valence-electron chi connectivity index (χ4n) is 4.51. The number of hydrogen-bond donors (Lipinski definition) is 3. The molecule has 4 rings (SSSR count). The number of ether oxygens (including phenoxy) is 1. The zero-order valence-electron chi connectivity index (χ0n) is 20.7. The second-order valence-corrected chi connectivity index (χ2v) is 8.72. The first-order valence-electron chi connectivity index (χ1n) is 12.1. The summed E-state index contributed by atoms with van der Waals surface area (Å²) < 4.78 is 5.37. The number of aryl methyl sites for hydroxylation is 1. The predicted octanol–water partition coefficient (Wildman–Crippen LogP) is 4.58. The second-order valence-electron chi connectivity index (χ2n) is 8.72. The van der Waals surface area contributed by atoms with Crippen LogP contribution in [0.2, 0.25) is 0 Å². The molecular formula is C29H32N4O3. The maximum Gasteiger partial charge on any atom is 0.251 e. The van der Waals surface area contributed by atoms with Crippen LogP contribution in [0.25, 0.3) is 10.9 Å². The fourth-order valence-corrected chi connectivity index (χ4v) is 4.51. The number of carbonyl (C=O) groups is 2. The van der Waals surface area contributed by atoms with Crippen LogP contribution in [0.3, 0.4) is 0 Å². The number of anilines is 1. The fraction of sp³-hybridized carbons (Fsp3) is 0.241. The lowest BCUT2D eigenvalue weighted by Crippen LogP contribution is -2.43. The SMILES string of the molecule is COc1ccc(C(C(=O)Nc2ccccc2)N(CCc2c[nH]c3ccccc23)C(=O)CCN)c(C)c1. The van der Waals surface area contributed by atoms with Crippen LogP contribution in [0, 0.1) is 6.92 Å². The van der Waals surface area contributed by atoms with Crippen molar-refractivity contribution < 1.29 is 14.3 Å². The molecule has 0 fully saturated rings. The van der Waals surface area contributed by atoms with E-state index < -0.39 is 6.04 Å². The van der Waals surface area contributed by atoms with Crippen LogP contribution in [0.15, 0.2) is 79.0 Å². The molecule has 0 spiro atoms. The molecule has 0 saturated heterocycles. The highest BCUT2D eigenvalue weighted by molar-refractivity contribution is 5.98. The molecule has 4 aromatic rings. The van der Waals surface area contributed by atoms with E-state index in [1.54, 1.807) is 12.0 Å². The highest BCUT2D eigenvalue weighted by Crippen LogP contribution is 2.30. The third-order valence-electron chi connectivity index (χ3n) is 6.35. The van der Waals surface area contributed by atoms with Gasteiger partial charge in [-0.2, -0.15) is 0 Å². The van der Waals surface area contributed by atoms with Crippen molar-refractivity contribution in [3.05, 3.63) is 95.7 Å². The number of hydrogen-bond acceptors (Lipinski definition) is 4. The zero-order valence-corrected chi connectivity index (χ0v) is 20.7. The van der Waals surface area contributed by atoms with Gasteiger partial charge < -0.3 is 25.7 Å². The predicted molar refractivity (Wildman–Crippen MR) is 143 cm³/mol. The Morgan fingerprint density at radius 3 is 2.53 bits per heavy atom. The second kappa shape index (κ2) is 11.6. The van der Waals surface area contributed by atoms with Crippen LogP contribution in [-0.4, -0.2) is 41.9 Å². The van der Waals surface area contributed by atoms with E-state index in [0.717, 1.165) is 27.6 Å². The van der Waals surface area contributed by atoms with E-state index in [0.29, 0.717) is 24.4 Å². The van der Waals surface area contributed by atoms with Gasteiger partial charge in [-0.05, 0) is 60.4 Å². The number of benzene rings is 3. The molecule has 0 aliphatic heterocycles. The van der Waals surface area contributed by atoms with Gasteiger partial charge in [-0.25, -0.2) is 0 Å². The number of nitrogens with two attached hydrogens (primary N) is 1. The standard InChI is InChI=1S/C29H32N4O3/c1-20-18-23(36-2)12-13-24(20)28(29(35)32-22-8-4-3-5-9-22)33(27(34)14-16-30)17-15-21-19-31-26-11-7-6-10-25(21)26/h3-13,18-19,28,31H,14-17,30H2,1-2H3,(H,32,35). The van der Waals surface area contributed by atoms with E-state index in [1.807, 2.05) is 79.9 Å². The lowest BCUT2D eigenvalue weighted by atomic mass is 9.97. The third kappa shape index (κ3) is 5.58. The molecule has 0 aliphatic carbocycles. The molecule has 1 unspecified atom stereocenters. The number of carbonyl (C=O) groups excluding carboxylic acids is 2. The highest BCUT2D eigenvalue weighted by Gasteiger charge is 2.32. The molecule has 7 nitrogen and oxygen atoms in total. The Labute approximate surface area is 211 Å². The molecule has 0 bridgehead atoms. The van der Waals surface area contributed by atoms with E-state index >= 15 is 0 Å². The number of nitrogens with zero attached hydrogens (tertiary/aromatic N) is 1. The molecule has 186 valence electrons. The van der Waals surface area contributed by atoms with E-state index in [4.69, 9.17) is 10.5 Å². The largest absolute Gasteiger partial charge is 0.497 e. The van der Waals surface area contributed by atoms with Gasteiger partial charge in [0.2, 0.25) is 5.91 Å². The molecule has 1 heterocycles. The molecule has 7 heteroatoms. The summed E-state index contributed by atoms with van der Waals surface area (Å²) in [6.45, 7) is 2.49. The Morgan fingerprint density at radius 1 is 1.06 bits per heavy atom. The summed E-state index contributed by atoms with van der Waals surface area (Å²) in [6, 6.07) is 22.0. The summed E-state index contributed by atoms with van der Waals surface area (Å²) in [5.74, 6) is 0.247. The number of aromatic nitrogens is 1. The van der Waals surface area contributed by atoms with Crippen LogP contribution >= 0.6 is 0 Å². The number of aromatic amines is 1. The smallest absolute Gasteiger partial charge is 0.251 e. The number of nitrogens with one attached hydrogen (secondary N) is 2. The molecule has 0 radical (unpaired) electrons. The number of rotatable bonds is 10. The van der Waals surface area contributed by atoms with Crippen LogP contribution in [0.1, 0.15) is 29.2 Å². The van der Waals surface area contributed by atoms with Crippen molar-refractivity contribution in [2.75, 3.05) is 25.5 Å². The van der Waals surface area contributed by atoms with Crippen molar-refractivity contribution in [1.82, 2.24) is 9.88 Å². The first kappa shape index (κ1) is 25.0. The quantitative estimate of drug-likeness (QED) is 0.307. The summed E-state index contributed by atoms with van der Waals surface area (Å²) in [5, 5.41) is 4.10. The minimum Gasteiger partial charge on any atom is -0.497 e. The average Bonchev–Trinajstić information content (AvgIpc) is 3.30. The van der Waals surface area contributed by atoms with E-state index in [2.05, 4.69) is 16.4 Å². The summed E-state index contributed by atoms with van der Waals surface area (Å²) >= 11 is 0. The third-order valence-corrected chi connectivity index (χ3v) is 6.35. The Bertz CT molecular complexity index is 1330. The van der Waals surface area contributed by atoms with Crippen molar-refractivity contribution in [3.63, 3.8) is 0 Å². The summed E-state index contributed by atoms with van der Waals surface area (Å²) in [5.41, 5.74) is 10.2. The van der Waals surface area contributed by atoms with Gasteiger partial charge in [0, 0.05) is 42.3 Å². The van der Waals surface area contributed by atoms with E-state index in [-0.39, 0.29) is 24.8 Å². The first-order chi connectivity index (χ1) is 17.5. The van der Waals surface area contributed by atoms with Gasteiger partial charge in [0.15, 0.2) is 0 Å². The summed E-state index contributed by atoms with van der Waals surface area (Å²) in [4.78, 5) is 32.1. The summed E-state index contributed by atoms with van der Waals surface area (Å²) in [7, 11) is 1.60. The first-order valence-corrected chi connectivity index (χ1v) is 12.1. The highest BCUT2D eigenvalue weighted by atomic mass is 16.5. The van der Waals surface area contributed by atoms with Crippen molar-refractivity contribution in [2.24, 2.45) is 5.73 Å². The molecule has 1 aromatic heterocycles. The van der Waals surface area contributed by atoms with Gasteiger partial charge in [-0.3, -0.25) is 9.59 Å². The van der Waals surface area contributed by atoms with Crippen LogP contribution < -0.4 is 15.8 Å². The Hall–Kier alpha value is -4.10. The van der Waals surface area contributed by atoms with Crippen molar-refractivity contribution in [2.45, 2.75) is 25.8 Å². The number of methoxy groups -OCH3 is 1. The number of amides is 2. The molecular weight excluding hydrogens is 452 g/mol. The summed E-state index contributed by atoms with van der Waals surface area (Å²) in [6.07, 6.45) is 2.71. The van der Waals surface area contributed by atoms with E-state index in [1.165, 1.54) is 0 Å².